The lowest BCUT2D eigenvalue weighted by Crippen LogP contribution is -2.24. The van der Waals surface area contributed by atoms with Crippen molar-refractivity contribution in [2.24, 2.45) is 0 Å². The molecule has 0 aromatic heterocycles. The van der Waals surface area contributed by atoms with Gasteiger partial charge in [-0.2, -0.15) is 5.26 Å². The van der Waals surface area contributed by atoms with Crippen molar-refractivity contribution < 1.29 is 14.4 Å². The Kier molecular flexibility index (Phi) is 3.80. The Morgan fingerprint density at radius 3 is 2.50 bits per heavy atom. The Morgan fingerprint density at radius 1 is 1.12 bits per heavy atom. The van der Waals surface area contributed by atoms with Gasteiger partial charge in [0.15, 0.2) is 0 Å². The maximum Gasteiger partial charge on any atom is 0.261 e. The summed E-state index contributed by atoms with van der Waals surface area (Å²) in [6.45, 7) is 0. The minimum Gasteiger partial charge on any atom is -0.322 e. The van der Waals surface area contributed by atoms with Gasteiger partial charge in [-0.1, -0.05) is 11.6 Å². The van der Waals surface area contributed by atoms with Crippen molar-refractivity contribution in [1.82, 2.24) is 4.90 Å². The smallest absolute Gasteiger partial charge is 0.261 e. The van der Waals surface area contributed by atoms with Crippen LogP contribution in [0.2, 0.25) is 5.02 Å². The zero-order valence-electron chi connectivity index (χ0n) is 12.5. The third kappa shape index (κ3) is 2.51. The molecule has 2 aromatic rings. The molecule has 0 spiro atoms. The van der Waals surface area contributed by atoms with Gasteiger partial charge in [0.2, 0.25) is 0 Å². The number of anilines is 1. The molecule has 3 rings (SSSR count). The quantitative estimate of drug-likeness (QED) is 0.852. The van der Waals surface area contributed by atoms with E-state index in [2.05, 4.69) is 5.32 Å². The van der Waals surface area contributed by atoms with Crippen molar-refractivity contribution in [1.29, 1.82) is 5.26 Å². The number of nitrogens with one attached hydrogen (secondary N) is 1. The molecule has 1 heterocycles. The highest BCUT2D eigenvalue weighted by Gasteiger charge is 2.33. The highest BCUT2D eigenvalue weighted by atomic mass is 35.5. The van der Waals surface area contributed by atoms with Crippen molar-refractivity contribution in [3.63, 3.8) is 0 Å². The van der Waals surface area contributed by atoms with Gasteiger partial charge in [-0.05, 0) is 36.4 Å². The van der Waals surface area contributed by atoms with Gasteiger partial charge < -0.3 is 5.32 Å². The van der Waals surface area contributed by atoms with E-state index in [1.165, 1.54) is 37.4 Å². The van der Waals surface area contributed by atoms with Crippen molar-refractivity contribution in [3.8, 4) is 6.07 Å². The second-order valence-electron chi connectivity index (χ2n) is 5.19. The van der Waals surface area contributed by atoms with Crippen molar-refractivity contribution in [3.05, 3.63) is 63.7 Å². The van der Waals surface area contributed by atoms with Gasteiger partial charge >= 0.3 is 0 Å². The van der Waals surface area contributed by atoms with Gasteiger partial charge in [-0.3, -0.25) is 19.3 Å². The first-order valence-electron chi connectivity index (χ1n) is 6.90. The van der Waals surface area contributed by atoms with Gasteiger partial charge in [0, 0.05) is 18.3 Å². The van der Waals surface area contributed by atoms with Crippen LogP contribution >= 0.6 is 11.6 Å². The zero-order chi connectivity index (χ0) is 17.4. The highest BCUT2D eigenvalue weighted by molar-refractivity contribution is 6.32. The van der Waals surface area contributed by atoms with Crippen LogP contribution < -0.4 is 5.32 Å². The summed E-state index contributed by atoms with van der Waals surface area (Å²) in [6.07, 6.45) is 0. The van der Waals surface area contributed by atoms with Gasteiger partial charge in [0.1, 0.15) is 6.07 Å². The van der Waals surface area contributed by atoms with Crippen LogP contribution in [-0.4, -0.2) is 29.7 Å². The molecule has 0 atom stereocenters. The molecule has 3 amide bonds. The van der Waals surface area contributed by atoms with Gasteiger partial charge in [-0.25, -0.2) is 0 Å². The van der Waals surface area contributed by atoms with Gasteiger partial charge in [0.25, 0.3) is 17.7 Å². The largest absolute Gasteiger partial charge is 0.322 e. The van der Waals surface area contributed by atoms with E-state index in [9.17, 15) is 14.4 Å². The topological polar surface area (TPSA) is 90.3 Å². The van der Waals surface area contributed by atoms with E-state index in [0.29, 0.717) is 11.3 Å². The third-order valence-corrected chi connectivity index (χ3v) is 4.01. The maximum atomic E-state index is 12.3. The molecule has 0 saturated carbocycles. The zero-order valence-corrected chi connectivity index (χ0v) is 13.2. The average Bonchev–Trinajstić information content (AvgIpc) is 2.79. The molecule has 2 aromatic carbocycles. The predicted octanol–water partition coefficient (Wildman–Crippen LogP) is 2.69. The number of nitrogens with zero attached hydrogens (tertiary/aromatic N) is 2. The number of rotatable bonds is 2. The number of benzene rings is 2. The SMILES string of the molecule is CN1C(=O)c2ccc(C(=O)Nc3ccc(C#N)c(Cl)c3)cc2C1=O. The first kappa shape index (κ1) is 15.7. The second kappa shape index (κ2) is 5.80. The summed E-state index contributed by atoms with van der Waals surface area (Å²) in [4.78, 5) is 37.1. The Bertz CT molecular complexity index is 947. The Balaban J connectivity index is 1.87. The normalized spacial score (nSPS) is 12.8. The summed E-state index contributed by atoms with van der Waals surface area (Å²) in [6, 6.07) is 10.8. The van der Waals surface area contributed by atoms with Crippen LogP contribution in [0.3, 0.4) is 0 Å². The summed E-state index contributed by atoms with van der Waals surface area (Å²) in [7, 11) is 1.39. The van der Waals surface area contributed by atoms with Crippen LogP contribution in [0.5, 0.6) is 0 Å². The van der Waals surface area contributed by atoms with E-state index in [0.717, 1.165) is 4.90 Å². The summed E-state index contributed by atoms with van der Waals surface area (Å²) in [5.41, 5.74) is 1.45. The number of hydrogen-bond donors (Lipinski definition) is 1. The number of imide groups is 1. The van der Waals surface area contributed by atoms with E-state index in [1.807, 2.05) is 6.07 Å². The molecule has 6 nitrogen and oxygen atoms in total. The summed E-state index contributed by atoms with van der Waals surface area (Å²) in [5, 5.41) is 11.7. The first-order chi connectivity index (χ1) is 11.4. The lowest BCUT2D eigenvalue weighted by atomic mass is 10.1. The monoisotopic (exact) mass is 339 g/mol. The van der Waals surface area contributed by atoms with Crippen LogP contribution in [0.1, 0.15) is 36.6 Å². The van der Waals surface area contributed by atoms with Gasteiger partial charge in [0.05, 0.1) is 21.7 Å². The Hall–Kier alpha value is -3.17. The Labute approximate surface area is 142 Å². The lowest BCUT2D eigenvalue weighted by molar-refractivity contribution is 0.0693. The molecule has 1 N–H and O–H groups in total. The number of hydrogen-bond acceptors (Lipinski definition) is 4. The fraction of sp³-hybridized carbons (Fsp3) is 0.0588. The number of carbonyl (C=O) groups is 3. The van der Waals surface area contributed by atoms with Gasteiger partial charge in [-0.15, -0.1) is 0 Å². The van der Waals surface area contributed by atoms with Crippen LogP contribution in [-0.2, 0) is 0 Å². The molecule has 1 aliphatic rings. The number of halogens is 1. The van der Waals surface area contributed by atoms with Crippen LogP contribution in [0, 0.1) is 11.3 Å². The minimum atomic E-state index is -0.451. The fourth-order valence-corrected chi connectivity index (χ4v) is 2.61. The third-order valence-electron chi connectivity index (χ3n) is 3.70. The number of amides is 3. The van der Waals surface area contributed by atoms with E-state index in [-0.39, 0.29) is 27.6 Å². The molecule has 0 saturated heterocycles. The Morgan fingerprint density at radius 2 is 1.83 bits per heavy atom. The van der Waals surface area contributed by atoms with Crippen LogP contribution in [0.25, 0.3) is 0 Å². The molecular formula is C17H10ClN3O3. The van der Waals surface area contributed by atoms with E-state index in [1.54, 1.807) is 6.07 Å². The number of carbonyl (C=O) groups excluding carboxylic acids is 3. The summed E-state index contributed by atoms with van der Waals surface area (Å²) < 4.78 is 0. The van der Waals surface area contributed by atoms with E-state index < -0.39 is 11.8 Å². The van der Waals surface area contributed by atoms with E-state index in [4.69, 9.17) is 16.9 Å². The molecule has 0 radical (unpaired) electrons. The second-order valence-corrected chi connectivity index (χ2v) is 5.60. The molecule has 0 aliphatic carbocycles. The molecule has 24 heavy (non-hydrogen) atoms. The van der Waals surface area contributed by atoms with E-state index >= 15 is 0 Å². The highest BCUT2D eigenvalue weighted by Crippen LogP contribution is 2.24. The van der Waals surface area contributed by atoms with Crippen LogP contribution in [0.4, 0.5) is 5.69 Å². The average molecular weight is 340 g/mol. The molecule has 0 unspecified atom stereocenters. The van der Waals surface area contributed by atoms with Crippen molar-refractivity contribution in [2.45, 2.75) is 0 Å². The molecule has 1 aliphatic heterocycles. The molecule has 7 heteroatoms. The standard InChI is InChI=1S/C17H10ClN3O3/c1-21-16(23)12-5-3-9(6-13(12)17(21)24)15(22)20-11-4-2-10(8-19)14(18)7-11/h2-7H,1H3,(H,20,22). The number of fused-ring (bicyclic) bond motifs is 1. The molecule has 118 valence electrons. The summed E-state index contributed by atoms with van der Waals surface area (Å²) in [5.74, 6) is -1.28. The minimum absolute atomic E-state index is 0.202. The lowest BCUT2D eigenvalue weighted by Gasteiger charge is -2.07. The molecular weight excluding hydrogens is 330 g/mol. The maximum absolute atomic E-state index is 12.3. The van der Waals surface area contributed by atoms with Crippen molar-refractivity contribution in [2.75, 3.05) is 12.4 Å². The summed E-state index contributed by atoms with van der Waals surface area (Å²) >= 11 is 5.93. The molecule has 0 fully saturated rings. The predicted molar refractivity (Wildman–Crippen MR) is 87.0 cm³/mol. The fourth-order valence-electron chi connectivity index (χ4n) is 2.39. The first-order valence-corrected chi connectivity index (χ1v) is 7.27. The number of nitriles is 1. The van der Waals surface area contributed by atoms with Crippen LogP contribution in [0.15, 0.2) is 36.4 Å². The van der Waals surface area contributed by atoms with Crippen molar-refractivity contribution >= 4 is 35.0 Å². The molecule has 0 bridgehead atoms.